The van der Waals surface area contributed by atoms with E-state index in [1.54, 1.807) is 23.0 Å². The van der Waals surface area contributed by atoms with Crippen LogP contribution < -0.4 is 10.6 Å². The Morgan fingerprint density at radius 1 is 0.931 bits per heavy atom. The Labute approximate surface area is 178 Å². The van der Waals surface area contributed by atoms with Gasteiger partial charge in [-0.1, -0.05) is 29.3 Å². The Kier molecular flexibility index (Phi) is 5.51. The average molecular weight is 428 g/mol. The van der Waals surface area contributed by atoms with Crippen molar-refractivity contribution in [3.8, 4) is 11.1 Å². The number of aromatic nitrogens is 5. The van der Waals surface area contributed by atoms with Crippen molar-refractivity contribution in [1.82, 2.24) is 24.6 Å². The second-order valence-electron chi connectivity index (χ2n) is 6.50. The van der Waals surface area contributed by atoms with Crippen molar-refractivity contribution in [3.05, 3.63) is 64.2 Å². The van der Waals surface area contributed by atoms with E-state index in [2.05, 4.69) is 25.7 Å². The Balaban J connectivity index is 1.64. The van der Waals surface area contributed by atoms with Crippen molar-refractivity contribution >= 4 is 40.6 Å². The van der Waals surface area contributed by atoms with E-state index in [0.29, 0.717) is 34.7 Å². The van der Waals surface area contributed by atoms with Crippen LogP contribution in [0.2, 0.25) is 10.0 Å². The van der Waals surface area contributed by atoms with Crippen LogP contribution in [0, 0.1) is 13.8 Å². The molecule has 2 N–H and O–H groups in total. The summed E-state index contributed by atoms with van der Waals surface area (Å²) in [5, 5.41) is 12.4. The number of halogens is 2. The number of benzene rings is 1. The van der Waals surface area contributed by atoms with Gasteiger partial charge in [0.15, 0.2) is 5.65 Å². The van der Waals surface area contributed by atoms with Gasteiger partial charge in [-0.2, -0.15) is 9.61 Å². The molecular weight excluding hydrogens is 409 g/mol. The first-order valence-corrected chi connectivity index (χ1v) is 9.86. The van der Waals surface area contributed by atoms with Gasteiger partial charge in [-0.15, -0.1) is 0 Å². The third kappa shape index (κ3) is 3.97. The molecule has 0 spiro atoms. The van der Waals surface area contributed by atoms with Crippen LogP contribution in [0.5, 0.6) is 0 Å². The molecule has 0 aliphatic carbocycles. The second-order valence-corrected chi connectivity index (χ2v) is 7.32. The molecule has 0 unspecified atom stereocenters. The summed E-state index contributed by atoms with van der Waals surface area (Å²) in [5.74, 6) is 1.43. The van der Waals surface area contributed by atoms with E-state index in [4.69, 9.17) is 28.2 Å². The SMILES string of the molecule is Cc1cc(NCCNc2ncccn2)n2nc(C)c(-c3c(Cl)cccc3Cl)c2n1. The van der Waals surface area contributed by atoms with Gasteiger partial charge in [0.05, 0.1) is 21.3 Å². The molecule has 0 amide bonds. The van der Waals surface area contributed by atoms with E-state index in [1.807, 2.05) is 38.1 Å². The number of anilines is 2. The van der Waals surface area contributed by atoms with Gasteiger partial charge in [0.2, 0.25) is 5.95 Å². The van der Waals surface area contributed by atoms with Crippen LogP contribution in [0.25, 0.3) is 16.8 Å². The fourth-order valence-corrected chi connectivity index (χ4v) is 3.74. The third-order valence-electron chi connectivity index (χ3n) is 4.38. The Morgan fingerprint density at radius 2 is 1.62 bits per heavy atom. The number of hydrogen-bond donors (Lipinski definition) is 2. The molecule has 0 saturated carbocycles. The minimum absolute atomic E-state index is 0.570. The van der Waals surface area contributed by atoms with Crippen LogP contribution in [0.3, 0.4) is 0 Å². The standard InChI is InChI=1S/C20H19Cl2N7/c1-12-11-16(23-9-10-26-20-24-7-4-8-25-20)29-19(27-12)17(13(2)28-29)18-14(21)5-3-6-15(18)22/h3-8,11,23H,9-10H2,1-2H3,(H,24,25,26). The molecule has 3 heterocycles. The lowest BCUT2D eigenvalue weighted by molar-refractivity contribution is 0.897. The number of hydrogen-bond acceptors (Lipinski definition) is 6. The lowest BCUT2D eigenvalue weighted by atomic mass is 10.1. The minimum Gasteiger partial charge on any atom is -0.368 e. The number of aryl methyl sites for hydroxylation is 2. The highest BCUT2D eigenvalue weighted by molar-refractivity contribution is 6.39. The number of nitrogens with one attached hydrogen (secondary N) is 2. The predicted octanol–water partition coefficient (Wildman–Crippen LogP) is 4.63. The Morgan fingerprint density at radius 3 is 2.34 bits per heavy atom. The summed E-state index contributed by atoms with van der Waals surface area (Å²) in [6, 6.07) is 9.19. The summed E-state index contributed by atoms with van der Waals surface area (Å²) < 4.78 is 1.79. The van der Waals surface area contributed by atoms with Crippen LogP contribution in [0.15, 0.2) is 42.7 Å². The number of fused-ring (bicyclic) bond motifs is 1. The summed E-state index contributed by atoms with van der Waals surface area (Å²) in [7, 11) is 0. The van der Waals surface area contributed by atoms with Gasteiger partial charge in [-0.25, -0.2) is 15.0 Å². The van der Waals surface area contributed by atoms with Crippen LogP contribution in [0.1, 0.15) is 11.4 Å². The molecule has 148 valence electrons. The highest BCUT2D eigenvalue weighted by Gasteiger charge is 2.20. The van der Waals surface area contributed by atoms with Crippen LogP contribution >= 0.6 is 23.2 Å². The third-order valence-corrected chi connectivity index (χ3v) is 5.01. The Hall–Kier alpha value is -2.90. The molecule has 9 heteroatoms. The molecule has 0 atom stereocenters. The summed E-state index contributed by atoms with van der Waals surface area (Å²) in [6.45, 7) is 5.17. The van der Waals surface area contributed by atoms with Crippen molar-refractivity contribution in [3.63, 3.8) is 0 Å². The number of nitrogens with zero attached hydrogens (tertiary/aromatic N) is 5. The second kappa shape index (κ2) is 8.23. The van der Waals surface area contributed by atoms with Crippen molar-refractivity contribution < 1.29 is 0 Å². The van der Waals surface area contributed by atoms with Gasteiger partial charge in [0, 0.05) is 42.8 Å². The van der Waals surface area contributed by atoms with Crippen molar-refractivity contribution in [2.45, 2.75) is 13.8 Å². The van der Waals surface area contributed by atoms with E-state index in [9.17, 15) is 0 Å². The topological polar surface area (TPSA) is 80.0 Å². The number of rotatable bonds is 6. The van der Waals surface area contributed by atoms with Gasteiger partial charge in [0.1, 0.15) is 5.82 Å². The van der Waals surface area contributed by atoms with E-state index in [1.165, 1.54) is 0 Å². The maximum Gasteiger partial charge on any atom is 0.222 e. The van der Waals surface area contributed by atoms with E-state index in [-0.39, 0.29) is 0 Å². The van der Waals surface area contributed by atoms with Crippen LogP contribution in [-0.4, -0.2) is 37.7 Å². The van der Waals surface area contributed by atoms with Gasteiger partial charge in [-0.3, -0.25) is 0 Å². The molecule has 0 saturated heterocycles. The zero-order valence-corrected chi connectivity index (χ0v) is 17.5. The maximum atomic E-state index is 6.45. The zero-order chi connectivity index (χ0) is 20.4. The first-order chi connectivity index (χ1) is 14.0. The molecular formula is C20H19Cl2N7. The largest absolute Gasteiger partial charge is 0.368 e. The fraction of sp³-hybridized carbons (Fsp3) is 0.200. The maximum absolute atomic E-state index is 6.45. The fourth-order valence-electron chi connectivity index (χ4n) is 3.16. The van der Waals surface area contributed by atoms with Crippen LogP contribution in [-0.2, 0) is 0 Å². The molecule has 0 radical (unpaired) electrons. The lowest BCUT2D eigenvalue weighted by Crippen LogP contribution is -2.17. The van der Waals surface area contributed by atoms with Gasteiger partial charge < -0.3 is 10.6 Å². The van der Waals surface area contributed by atoms with Gasteiger partial charge in [-0.05, 0) is 32.0 Å². The lowest BCUT2D eigenvalue weighted by Gasteiger charge is -2.11. The minimum atomic E-state index is 0.570. The first-order valence-electron chi connectivity index (χ1n) is 9.10. The molecule has 7 nitrogen and oxygen atoms in total. The summed E-state index contributed by atoms with van der Waals surface area (Å²) in [4.78, 5) is 13.0. The first kappa shape index (κ1) is 19.4. The van der Waals surface area contributed by atoms with Crippen molar-refractivity contribution in [2.24, 2.45) is 0 Å². The summed E-state index contributed by atoms with van der Waals surface area (Å²) in [6.07, 6.45) is 3.40. The van der Waals surface area contributed by atoms with Gasteiger partial charge in [0.25, 0.3) is 0 Å². The Bertz CT molecular complexity index is 1140. The molecule has 0 bridgehead atoms. The van der Waals surface area contributed by atoms with Gasteiger partial charge >= 0.3 is 0 Å². The molecule has 1 aromatic carbocycles. The smallest absolute Gasteiger partial charge is 0.222 e. The average Bonchev–Trinajstić information content (AvgIpc) is 3.02. The van der Waals surface area contributed by atoms with Crippen molar-refractivity contribution in [2.75, 3.05) is 23.7 Å². The summed E-state index contributed by atoms with van der Waals surface area (Å²) >= 11 is 12.9. The van der Waals surface area contributed by atoms with Crippen LogP contribution in [0.4, 0.5) is 11.8 Å². The highest BCUT2D eigenvalue weighted by atomic mass is 35.5. The highest BCUT2D eigenvalue weighted by Crippen LogP contribution is 2.38. The van der Waals surface area contributed by atoms with E-state index < -0.39 is 0 Å². The predicted molar refractivity (Wildman–Crippen MR) is 117 cm³/mol. The van der Waals surface area contributed by atoms with E-state index in [0.717, 1.165) is 28.3 Å². The molecule has 0 aliphatic heterocycles. The van der Waals surface area contributed by atoms with Crippen molar-refractivity contribution in [1.29, 1.82) is 0 Å². The zero-order valence-electron chi connectivity index (χ0n) is 15.9. The molecule has 4 aromatic rings. The molecule has 4 rings (SSSR count). The monoisotopic (exact) mass is 427 g/mol. The molecule has 3 aromatic heterocycles. The molecule has 29 heavy (non-hydrogen) atoms. The normalized spacial score (nSPS) is 11.0. The quantitative estimate of drug-likeness (QED) is 0.436. The summed E-state index contributed by atoms with van der Waals surface area (Å²) in [5.41, 5.74) is 3.96. The molecule has 0 aliphatic rings. The van der Waals surface area contributed by atoms with E-state index >= 15 is 0 Å². The molecule has 0 fully saturated rings.